The summed E-state index contributed by atoms with van der Waals surface area (Å²) >= 11 is 0. The van der Waals surface area contributed by atoms with Crippen molar-refractivity contribution in [3.63, 3.8) is 0 Å². The first-order valence-corrected chi connectivity index (χ1v) is 10.6. The Labute approximate surface area is 180 Å². The number of aryl methyl sites for hydroxylation is 1. The number of piperazine rings is 1. The SMILES string of the molecule is O=C(CCn1c(=O)[nH]c(=O)c2ccccc21)N1CCN(CC=Cc2ccccc2)CC1. The topological polar surface area (TPSA) is 78.4 Å². The second kappa shape index (κ2) is 9.57. The molecule has 31 heavy (non-hydrogen) atoms. The van der Waals surface area contributed by atoms with Gasteiger partial charge in [0.1, 0.15) is 0 Å². The van der Waals surface area contributed by atoms with Crippen molar-refractivity contribution in [2.75, 3.05) is 32.7 Å². The van der Waals surface area contributed by atoms with Gasteiger partial charge in [-0.05, 0) is 17.7 Å². The third-order valence-corrected chi connectivity index (χ3v) is 5.65. The predicted molar refractivity (Wildman–Crippen MR) is 122 cm³/mol. The number of fused-ring (bicyclic) bond motifs is 1. The quantitative estimate of drug-likeness (QED) is 0.664. The van der Waals surface area contributed by atoms with E-state index < -0.39 is 11.2 Å². The van der Waals surface area contributed by atoms with E-state index >= 15 is 0 Å². The standard InChI is InChI=1S/C24H26N4O3/c29-22(12-14-28-21-11-5-4-10-20(21)23(30)25-24(28)31)27-17-15-26(16-18-27)13-6-9-19-7-2-1-3-8-19/h1-11H,12-18H2,(H,25,30,31). The molecule has 0 saturated carbocycles. The Bertz CT molecular complexity index is 1190. The molecule has 1 aliphatic heterocycles. The van der Waals surface area contributed by atoms with Crippen LogP contribution >= 0.6 is 0 Å². The molecule has 3 aromatic rings. The van der Waals surface area contributed by atoms with Crippen LogP contribution in [-0.2, 0) is 11.3 Å². The molecular formula is C24H26N4O3. The number of hydrogen-bond donors (Lipinski definition) is 1. The largest absolute Gasteiger partial charge is 0.340 e. The van der Waals surface area contributed by atoms with Crippen molar-refractivity contribution < 1.29 is 4.79 Å². The lowest BCUT2D eigenvalue weighted by Gasteiger charge is -2.34. The minimum absolute atomic E-state index is 0.0293. The van der Waals surface area contributed by atoms with E-state index in [2.05, 4.69) is 34.2 Å². The molecule has 1 N–H and O–H groups in total. The monoisotopic (exact) mass is 418 g/mol. The molecule has 4 rings (SSSR count). The highest BCUT2D eigenvalue weighted by Gasteiger charge is 2.20. The van der Waals surface area contributed by atoms with Gasteiger partial charge in [0, 0.05) is 45.7 Å². The average Bonchev–Trinajstić information content (AvgIpc) is 2.80. The van der Waals surface area contributed by atoms with E-state index in [-0.39, 0.29) is 18.9 Å². The molecule has 1 aromatic heterocycles. The van der Waals surface area contributed by atoms with E-state index in [4.69, 9.17) is 0 Å². The number of nitrogens with zero attached hydrogens (tertiary/aromatic N) is 3. The van der Waals surface area contributed by atoms with E-state index in [0.717, 1.165) is 19.6 Å². The van der Waals surface area contributed by atoms with Crippen LogP contribution in [0.5, 0.6) is 0 Å². The number of carbonyl (C=O) groups excluding carboxylic acids is 1. The van der Waals surface area contributed by atoms with Crippen LogP contribution in [0.1, 0.15) is 12.0 Å². The van der Waals surface area contributed by atoms with Gasteiger partial charge in [0.05, 0.1) is 10.9 Å². The van der Waals surface area contributed by atoms with Gasteiger partial charge in [0.2, 0.25) is 5.91 Å². The molecule has 2 aromatic carbocycles. The van der Waals surface area contributed by atoms with Crippen molar-refractivity contribution in [3.05, 3.63) is 87.1 Å². The van der Waals surface area contributed by atoms with Gasteiger partial charge in [-0.15, -0.1) is 0 Å². The third-order valence-electron chi connectivity index (χ3n) is 5.65. The zero-order chi connectivity index (χ0) is 21.6. The first-order chi connectivity index (χ1) is 15.1. The Morgan fingerprint density at radius 1 is 0.935 bits per heavy atom. The molecule has 0 aliphatic carbocycles. The fourth-order valence-electron chi connectivity index (χ4n) is 3.91. The molecule has 7 nitrogen and oxygen atoms in total. The van der Waals surface area contributed by atoms with Crippen molar-refractivity contribution in [2.24, 2.45) is 0 Å². The normalized spacial score (nSPS) is 15.0. The summed E-state index contributed by atoms with van der Waals surface area (Å²) in [7, 11) is 0. The van der Waals surface area contributed by atoms with Gasteiger partial charge in [-0.3, -0.25) is 24.0 Å². The smallest absolute Gasteiger partial charge is 0.328 e. The van der Waals surface area contributed by atoms with Crippen molar-refractivity contribution in [1.29, 1.82) is 0 Å². The molecule has 7 heteroatoms. The number of aromatic nitrogens is 2. The van der Waals surface area contributed by atoms with Crippen LogP contribution in [0.4, 0.5) is 0 Å². The van der Waals surface area contributed by atoms with Crippen LogP contribution in [0.2, 0.25) is 0 Å². The Hall–Kier alpha value is -3.45. The number of aromatic amines is 1. The summed E-state index contributed by atoms with van der Waals surface area (Å²) in [5.74, 6) is 0.0293. The highest BCUT2D eigenvalue weighted by molar-refractivity contribution is 5.79. The van der Waals surface area contributed by atoms with Crippen molar-refractivity contribution in [1.82, 2.24) is 19.4 Å². The lowest BCUT2D eigenvalue weighted by atomic mass is 10.2. The summed E-state index contributed by atoms with van der Waals surface area (Å²) in [6.45, 7) is 4.11. The summed E-state index contributed by atoms with van der Waals surface area (Å²) in [4.78, 5) is 43.4. The predicted octanol–water partition coefficient (Wildman–Crippen LogP) is 1.94. The van der Waals surface area contributed by atoms with Gasteiger partial charge in [0.25, 0.3) is 5.56 Å². The zero-order valence-corrected chi connectivity index (χ0v) is 17.4. The molecule has 2 heterocycles. The van der Waals surface area contributed by atoms with Crippen molar-refractivity contribution in [3.8, 4) is 0 Å². The molecule has 0 atom stereocenters. The number of benzene rings is 2. The molecule has 1 amide bonds. The molecule has 0 bridgehead atoms. The fraction of sp³-hybridized carbons (Fsp3) is 0.292. The Balaban J connectivity index is 1.30. The highest BCUT2D eigenvalue weighted by atomic mass is 16.2. The van der Waals surface area contributed by atoms with E-state index in [0.29, 0.717) is 24.0 Å². The number of rotatable bonds is 6. The first kappa shape index (κ1) is 20.8. The molecule has 0 spiro atoms. The lowest BCUT2D eigenvalue weighted by Crippen LogP contribution is -2.48. The first-order valence-electron chi connectivity index (χ1n) is 10.6. The molecule has 1 aliphatic rings. The van der Waals surface area contributed by atoms with Gasteiger partial charge in [-0.2, -0.15) is 0 Å². The molecule has 1 saturated heterocycles. The van der Waals surface area contributed by atoms with Gasteiger partial charge >= 0.3 is 5.69 Å². The maximum absolute atomic E-state index is 12.7. The van der Waals surface area contributed by atoms with Gasteiger partial charge in [-0.25, -0.2) is 4.79 Å². The maximum Gasteiger partial charge on any atom is 0.328 e. The molecule has 0 radical (unpaired) electrons. The molecule has 160 valence electrons. The van der Waals surface area contributed by atoms with Gasteiger partial charge in [0.15, 0.2) is 0 Å². The van der Waals surface area contributed by atoms with E-state index in [1.54, 1.807) is 24.3 Å². The number of hydrogen-bond acceptors (Lipinski definition) is 4. The molecule has 1 fully saturated rings. The summed E-state index contributed by atoms with van der Waals surface area (Å²) in [6.07, 6.45) is 4.49. The molecular weight excluding hydrogens is 392 g/mol. The van der Waals surface area contributed by atoms with Crippen LogP contribution in [0.3, 0.4) is 0 Å². The second-order valence-electron chi connectivity index (χ2n) is 7.67. The minimum atomic E-state index is -0.480. The Kier molecular flexibility index (Phi) is 6.43. The van der Waals surface area contributed by atoms with Crippen LogP contribution < -0.4 is 11.2 Å². The Morgan fingerprint density at radius 2 is 1.65 bits per heavy atom. The summed E-state index contributed by atoms with van der Waals surface area (Å²) in [6, 6.07) is 17.1. The van der Waals surface area contributed by atoms with E-state index in [1.165, 1.54) is 10.1 Å². The highest BCUT2D eigenvalue weighted by Crippen LogP contribution is 2.09. The zero-order valence-electron chi connectivity index (χ0n) is 17.4. The van der Waals surface area contributed by atoms with Crippen LogP contribution in [0, 0.1) is 0 Å². The summed E-state index contributed by atoms with van der Waals surface area (Å²) in [5.41, 5.74) is 0.854. The van der Waals surface area contributed by atoms with Crippen LogP contribution in [0.15, 0.2) is 70.3 Å². The maximum atomic E-state index is 12.7. The number of nitrogens with one attached hydrogen (secondary N) is 1. The average molecular weight is 418 g/mol. The summed E-state index contributed by atoms with van der Waals surface area (Å²) < 4.78 is 1.47. The molecule has 0 unspecified atom stereocenters. The lowest BCUT2D eigenvalue weighted by molar-refractivity contribution is -0.133. The number of H-pyrrole nitrogens is 1. The second-order valence-corrected chi connectivity index (χ2v) is 7.67. The summed E-state index contributed by atoms with van der Waals surface area (Å²) in [5, 5.41) is 0.451. The fourth-order valence-corrected chi connectivity index (χ4v) is 3.91. The number of para-hydroxylation sites is 1. The van der Waals surface area contributed by atoms with Crippen LogP contribution in [-0.4, -0.2) is 58.0 Å². The Morgan fingerprint density at radius 3 is 2.42 bits per heavy atom. The number of carbonyl (C=O) groups is 1. The van der Waals surface area contributed by atoms with Crippen LogP contribution in [0.25, 0.3) is 17.0 Å². The van der Waals surface area contributed by atoms with E-state index in [9.17, 15) is 14.4 Å². The van der Waals surface area contributed by atoms with Gasteiger partial charge < -0.3 is 4.90 Å². The van der Waals surface area contributed by atoms with Gasteiger partial charge in [-0.1, -0.05) is 54.6 Å². The number of amides is 1. The van der Waals surface area contributed by atoms with E-state index in [1.807, 2.05) is 23.1 Å². The van der Waals surface area contributed by atoms with Crippen molar-refractivity contribution >= 4 is 22.9 Å². The van der Waals surface area contributed by atoms with Crippen molar-refractivity contribution in [2.45, 2.75) is 13.0 Å². The minimum Gasteiger partial charge on any atom is -0.340 e. The third kappa shape index (κ3) is 5.00.